The van der Waals surface area contributed by atoms with Crippen molar-refractivity contribution >= 4 is 0 Å². The molecule has 0 spiro atoms. The lowest BCUT2D eigenvalue weighted by Crippen LogP contribution is -2.60. The van der Waals surface area contributed by atoms with Crippen molar-refractivity contribution in [1.29, 1.82) is 0 Å². The highest BCUT2D eigenvalue weighted by molar-refractivity contribution is 5.13. The van der Waals surface area contributed by atoms with E-state index in [4.69, 9.17) is 14.2 Å². The van der Waals surface area contributed by atoms with E-state index in [0.717, 1.165) is 5.56 Å². The van der Waals surface area contributed by atoms with Gasteiger partial charge in [-0.1, -0.05) is 30.3 Å². The van der Waals surface area contributed by atoms with E-state index in [1.807, 2.05) is 30.3 Å². The topological polar surface area (TPSA) is 109 Å². The zero-order valence-corrected chi connectivity index (χ0v) is 12.3. The standard InChI is InChI=1S/C15H22O7/c1-9(17)21-14-12(18)13(11(7-16)22-15(14)19)20-8-10-5-3-2-4-6-10/h2-6,9,11-19H,7-8H2,1H3/t9?,11-,12+,13-,14-,15-/m1/s1. The van der Waals surface area contributed by atoms with Crippen LogP contribution in [-0.2, 0) is 20.8 Å². The van der Waals surface area contributed by atoms with E-state index in [1.54, 1.807) is 0 Å². The third kappa shape index (κ3) is 4.23. The van der Waals surface area contributed by atoms with E-state index in [0.29, 0.717) is 0 Å². The normalized spacial score (nSPS) is 33.6. The van der Waals surface area contributed by atoms with E-state index in [2.05, 4.69) is 0 Å². The molecule has 1 fully saturated rings. The van der Waals surface area contributed by atoms with E-state index in [9.17, 15) is 20.4 Å². The van der Waals surface area contributed by atoms with Crippen LogP contribution < -0.4 is 0 Å². The highest BCUT2D eigenvalue weighted by Crippen LogP contribution is 2.26. The molecule has 1 unspecified atom stereocenters. The second-order valence-electron chi connectivity index (χ2n) is 5.20. The predicted octanol–water partition coefficient (Wildman–Crippen LogP) is -0.634. The molecule has 1 aromatic carbocycles. The molecule has 1 aliphatic heterocycles. The fraction of sp³-hybridized carbons (Fsp3) is 0.600. The third-order valence-corrected chi connectivity index (χ3v) is 3.45. The van der Waals surface area contributed by atoms with Crippen molar-refractivity contribution in [2.45, 2.75) is 50.5 Å². The second kappa shape index (κ2) is 7.98. The summed E-state index contributed by atoms with van der Waals surface area (Å²) in [7, 11) is 0. The summed E-state index contributed by atoms with van der Waals surface area (Å²) < 4.78 is 15.9. The van der Waals surface area contributed by atoms with Crippen molar-refractivity contribution in [3.8, 4) is 0 Å². The summed E-state index contributed by atoms with van der Waals surface area (Å²) in [6.07, 6.45) is -6.83. The van der Waals surface area contributed by atoms with Gasteiger partial charge < -0.3 is 34.6 Å². The third-order valence-electron chi connectivity index (χ3n) is 3.45. The van der Waals surface area contributed by atoms with Gasteiger partial charge in [-0.2, -0.15) is 0 Å². The summed E-state index contributed by atoms with van der Waals surface area (Å²) in [5.41, 5.74) is 0.894. The lowest BCUT2D eigenvalue weighted by atomic mass is 9.98. The molecule has 0 amide bonds. The van der Waals surface area contributed by atoms with Crippen LogP contribution in [-0.4, -0.2) is 64.0 Å². The summed E-state index contributed by atoms with van der Waals surface area (Å²) >= 11 is 0. The molecule has 7 heteroatoms. The van der Waals surface area contributed by atoms with E-state index < -0.39 is 43.6 Å². The summed E-state index contributed by atoms with van der Waals surface area (Å²) in [5.74, 6) is 0. The minimum absolute atomic E-state index is 0.208. The van der Waals surface area contributed by atoms with Crippen LogP contribution in [0.4, 0.5) is 0 Å². The minimum atomic E-state index is -1.46. The van der Waals surface area contributed by atoms with Crippen LogP contribution in [0.25, 0.3) is 0 Å². The molecule has 1 aliphatic rings. The Morgan fingerprint density at radius 2 is 1.86 bits per heavy atom. The van der Waals surface area contributed by atoms with E-state index >= 15 is 0 Å². The number of ether oxygens (including phenoxy) is 3. The molecular formula is C15H22O7. The van der Waals surface area contributed by atoms with Crippen LogP contribution in [0.15, 0.2) is 30.3 Å². The monoisotopic (exact) mass is 314 g/mol. The van der Waals surface area contributed by atoms with Crippen molar-refractivity contribution < 1.29 is 34.6 Å². The Labute approximate surface area is 128 Å². The fourth-order valence-electron chi connectivity index (χ4n) is 2.40. The van der Waals surface area contributed by atoms with Gasteiger partial charge in [-0.25, -0.2) is 0 Å². The Hall–Kier alpha value is -1.06. The minimum Gasteiger partial charge on any atom is -0.394 e. The Morgan fingerprint density at radius 3 is 2.45 bits per heavy atom. The molecule has 2 rings (SSSR count). The zero-order chi connectivity index (χ0) is 16.1. The maximum Gasteiger partial charge on any atom is 0.184 e. The average Bonchev–Trinajstić information content (AvgIpc) is 2.51. The zero-order valence-electron chi connectivity index (χ0n) is 12.3. The molecule has 6 atom stereocenters. The molecule has 7 nitrogen and oxygen atoms in total. The Morgan fingerprint density at radius 1 is 1.18 bits per heavy atom. The van der Waals surface area contributed by atoms with Gasteiger partial charge in [0.2, 0.25) is 0 Å². The molecule has 0 aromatic heterocycles. The largest absolute Gasteiger partial charge is 0.394 e. The molecule has 0 aliphatic carbocycles. The molecule has 124 valence electrons. The fourth-order valence-corrected chi connectivity index (χ4v) is 2.40. The van der Waals surface area contributed by atoms with Gasteiger partial charge in [0, 0.05) is 0 Å². The maximum absolute atomic E-state index is 10.3. The lowest BCUT2D eigenvalue weighted by Gasteiger charge is -2.42. The number of aliphatic hydroxyl groups is 4. The van der Waals surface area contributed by atoms with Gasteiger partial charge in [0.05, 0.1) is 13.2 Å². The van der Waals surface area contributed by atoms with Gasteiger partial charge in [-0.15, -0.1) is 0 Å². The molecule has 4 N–H and O–H groups in total. The first-order valence-electron chi connectivity index (χ1n) is 7.14. The van der Waals surface area contributed by atoms with Gasteiger partial charge in [0.25, 0.3) is 0 Å². The summed E-state index contributed by atoms with van der Waals surface area (Å²) in [6.45, 7) is 1.15. The van der Waals surface area contributed by atoms with Crippen LogP contribution in [0.2, 0.25) is 0 Å². The van der Waals surface area contributed by atoms with Crippen molar-refractivity contribution in [3.63, 3.8) is 0 Å². The van der Waals surface area contributed by atoms with Crippen molar-refractivity contribution in [3.05, 3.63) is 35.9 Å². The first kappa shape index (κ1) is 17.3. The van der Waals surface area contributed by atoms with Crippen LogP contribution in [0.5, 0.6) is 0 Å². The lowest BCUT2D eigenvalue weighted by molar-refractivity contribution is -0.323. The molecule has 1 heterocycles. The number of benzene rings is 1. The smallest absolute Gasteiger partial charge is 0.184 e. The van der Waals surface area contributed by atoms with Gasteiger partial charge in [0.1, 0.15) is 24.4 Å². The number of hydrogen-bond acceptors (Lipinski definition) is 7. The summed E-state index contributed by atoms with van der Waals surface area (Å²) in [5, 5.41) is 38.7. The van der Waals surface area contributed by atoms with Crippen molar-refractivity contribution in [2.24, 2.45) is 0 Å². The Kier molecular flexibility index (Phi) is 6.27. The number of hydrogen-bond donors (Lipinski definition) is 4. The number of aliphatic hydroxyl groups excluding tert-OH is 4. The predicted molar refractivity (Wildman–Crippen MR) is 75.5 cm³/mol. The Balaban J connectivity index is 2.04. The molecule has 1 aromatic rings. The van der Waals surface area contributed by atoms with Crippen molar-refractivity contribution in [1.82, 2.24) is 0 Å². The van der Waals surface area contributed by atoms with Crippen LogP contribution in [0.3, 0.4) is 0 Å². The summed E-state index contributed by atoms with van der Waals surface area (Å²) in [4.78, 5) is 0. The first-order valence-corrected chi connectivity index (χ1v) is 7.14. The van der Waals surface area contributed by atoms with Gasteiger partial charge in [-0.3, -0.25) is 0 Å². The highest BCUT2D eigenvalue weighted by atomic mass is 16.7. The van der Waals surface area contributed by atoms with Gasteiger partial charge in [-0.05, 0) is 12.5 Å². The second-order valence-corrected chi connectivity index (χ2v) is 5.20. The van der Waals surface area contributed by atoms with E-state index in [1.165, 1.54) is 6.92 Å². The molecule has 1 saturated heterocycles. The Bertz CT molecular complexity index is 439. The number of rotatable bonds is 6. The van der Waals surface area contributed by atoms with E-state index in [-0.39, 0.29) is 6.61 Å². The maximum atomic E-state index is 10.3. The molecule has 22 heavy (non-hydrogen) atoms. The van der Waals surface area contributed by atoms with Crippen LogP contribution in [0.1, 0.15) is 12.5 Å². The molecule has 0 saturated carbocycles. The van der Waals surface area contributed by atoms with Gasteiger partial charge in [0.15, 0.2) is 12.6 Å². The summed E-state index contributed by atoms with van der Waals surface area (Å²) in [6, 6.07) is 9.32. The van der Waals surface area contributed by atoms with Crippen LogP contribution in [0, 0.1) is 0 Å². The highest BCUT2D eigenvalue weighted by Gasteiger charge is 2.46. The van der Waals surface area contributed by atoms with Crippen LogP contribution >= 0.6 is 0 Å². The molecule has 0 radical (unpaired) electrons. The van der Waals surface area contributed by atoms with Gasteiger partial charge >= 0.3 is 0 Å². The molecule has 0 bridgehead atoms. The average molecular weight is 314 g/mol. The quantitative estimate of drug-likeness (QED) is 0.517. The molecular weight excluding hydrogens is 292 g/mol. The SMILES string of the molecule is CC(O)O[C@@H]1[C@@H](O)[C@H](OCc2ccccc2)[C@@H](CO)O[C@H]1O. The van der Waals surface area contributed by atoms with Crippen molar-refractivity contribution in [2.75, 3.05) is 6.61 Å². The first-order chi connectivity index (χ1) is 10.5.